The summed E-state index contributed by atoms with van der Waals surface area (Å²) in [6.45, 7) is 5.62. The number of nitrogens with two attached hydrogens (primary N) is 1. The molecule has 0 bridgehead atoms. The van der Waals surface area contributed by atoms with Crippen molar-refractivity contribution >= 4 is 34.9 Å². The zero-order valence-corrected chi connectivity index (χ0v) is 15.5. The molecule has 0 amide bonds. The van der Waals surface area contributed by atoms with Crippen LogP contribution in [0.25, 0.3) is 0 Å². The van der Waals surface area contributed by atoms with E-state index in [1.165, 1.54) is 17.5 Å². The largest absolute Gasteiger partial charge is 0.375 e. The molecule has 7 heteroatoms. The number of hydrazone groups is 1. The number of anilines is 2. The zero-order chi connectivity index (χ0) is 18.5. The molecule has 3 N–H and O–H groups in total. The first kappa shape index (κ1) is 18.1. The lowest BCUT2D eigenvalue weighted by atomic mass is 10.1. The van der Waals surface area contributed by atoms with Crippen LogP contribution in [0.3, 0.4) is 0 Å². The van der Waals surface area contributed by atoms with E-state index in [1.807, 2.05) is 6.07 Å². The Kier molecular flexibility index (Phi) is 5.68. The second-order valence-corrected chi connectivity index (χ2v) is 6.69. The van der Waals surface area contributed by atoms with E-state index < -0.39 is 0 Å². The predicted molar refractivity (Wildman–Crippen MR) is 110 cm³/mol. The van der Waals surface area contributed by atoms with Gasteiger partial charge in [-0.25, -0.2) is 4.39 Å². The predicted octanol–water partition coefficient (Wildman–Crippen LogP) is 2.63. The summed E-state index contributed by atoms with van der Waals surface area (Å²) in [6, 6.07) is 13.7. The highest BCUT2D eigenvalue weighted by atomic mass is 32.1. The van der Waals surface area contributed by atoms with Crippen molar-refractivity contribution in [1.82, 2.24) is 5.43 Å². The van der Waals surface area contributed by atoms with Crippen LogP contribution in [-0.2, 0) is 0 Å². The third kappa shape index (κ3) is 4.49. The fourth-order valence-corrected chi connectivity index (χ4v) is 3.08. The SMILES string of the molecule is Cc1cccc(N2CCN(c3ccc(C=NNC(N)=S)c(F)c3)CC2)c1. The van der Waals surface area contributed by atoms with E-state index >= 15 is 0 Å². The Hall–Kier alpha value is -2.67. The molecule has 2 aromatic rings. The van der Waals surface area contributed by atoms with E-state index in [0.29, 0.717) is 5.56 Å². The summed E-state index contributed by atoms with van der Waals surface area (Å²) >= 11 is 4.65. The summed E-state index contributed by atoms with van der Waals surface area (Å²) in [5.74, 6) is -0.322. The second-order valence-electron chi connectivity index (χ2n) is 6.25. The number of hydrogen-bond acceptors (Lipinski definition) is 4. The summed E-state index contributed by atoms with van der Waals surface area (Å²) in [5.41, 5.74) is 11.5. The molecule has 136 valence electrons. The quantitative estimate of drug-likeness (QED) is 0.492. The third-order valence-electron chi connectivity index (χ3n) is 4.37. The van der Waals surface area contributed by atoms with Gasteiger partial charge in [-0.2, -0.15) is 5.10 Å². The Bertz CT molecular complexity index is 815. The number of hydrogen-bond donors (Lipinski definition) is 2. The van der Waals surface area contributed by atoms with Gasteiger partial charge in [0.05, 0.1) is 6.21 Å². The number of halogens is 1. The van der Waals surface area contributed by atoms with Gasteiger partial charge in [-0.15, -0.1) is 0 Å². The molecule has 1 saturated heterocycles. The Morgan fingerprint density at radius 2 is 1.77 bits per heavy atom. The van der Waals surface area contributed by atoms with Gasteiger partial charge in [0, 0.05) is 43.1 Å². The first-order chi connectivity index (χ1) is 12.5. The Balaban J connectivity index is 1.63. The van der Waals surface area contributed by atoms with E-state index in [0.717, 1.165) is 31.9 Å². The van der Waals surface area contributed by atoms with Crippen LogP contribution < -0.4 is 21.0 Å². The van der Waals surface area contributed by atoms with Gasteiger partial charge in [0.1, 0.15) is 5.82 Å². The lowest BCUT2D eigenvalue weighted by molar-refractivity contribution is 0.619. The third-order valence-corrected chi connectivity index (χ3v) is 4.47. The van der Waals surface area contributed by atoms with Gasteiger partial charge in [0.15, 0.2) is 5.11 Å². The standard InChI is InChI=1S/C19H22FN5S/c1-14-3-2-4-16(11-14)24-7-9-25(10-8-24)17-6-5-15(18(20)12-17)13-22-23-19(21)26/h2-6,11-13H,7-10H2,1H3,(H3,21,23,26). The minimum atomic E-state index is -0.322. The van der Waals surface area contributed by atoms with E-state index in [4.69, 9.17) is 5.73 Å². The molecule has 1 aliphatic heterocycles. The first-order valence-corrected chi connectivity index (χ1v) is 8.88. The Morgan fingerprint density at radius 1 is 1.12 bits per heavy atom. The van der Waals surface area contributed by atoms with Crippen LogP contribution in [0.1, 0.15) is 11.1 Å². The molecule has 0 radical (unpaired) electrons. The average molecular weight is 371 g/mol. The highest BCUT2D eigenvalue weighted by Crippen LogP contribution is 2.22. The number of nitrogens with one attached hydrogen (secondary N) is 1. The maximum absolute atomic E-state index is 14.3. The summed E-state index contributed by atoms with van der Waals surface area (Å²) < 4.78 is 14.3. The molecular weight excluding hydrogens is 349 g/mol. The smallest absolute Gasteiger partial charge is 0.184 e. The van der Waals surface area contributed by atoms with Crippen molar-refractivity contribution in [1.29, 1.82) is 0 Å². The van der Waals surface area contributed by atoms with Crippen LogP contribution in [0.15, 0.2) is 47.6 Å². The van der Waals surface area contributed by atoms with Crippen molar-refractivity contribution in [2.45, 2.75) is 6.92 Å². The van der Waals surface area contributed by atoms with Crippen LogP contribution in [0.2, 0.25) is 0 Å². The molecular formula is C19H22FN5S. The molecule has 26 heavy (non-hydrogen) atoms. The van der Waals surface area contributed by atoms with Gasteiger partial charge >= 0.3 is 0 Å². The van der Waals surface area contributed by atoms with Crippen LogP contribution >= 0.6 is 12.2 Å². The normalized spacial score (nSPS) is 14.7. The number of thiocarbonyl (C=S) groups is 1. The van der Waals surface area contributed by atoms with E-state index in [1.54, 1.807) is 12.1 Å². The Morgan fingerprint density at radius 3 is 2.35 bits per heavy atom. The second kappa shape index (κ2) is 8.14. The van der Waals surface area contributed by atoms with E-state index in [-0.39, 0.29) is 10.9 Å². The van der Waals surface area contributed by atoms with Crippen molar-refractivity contribution in [3.63, 3.8) is 0 Å². The molecule has 0 aromatic heterocycles. The minimum Gasteiger partial charge on any atom is -0.375 e. The van der Waals surface area contributed by atoms with Gasteiger partial charge in [-0.1, -0.05) is 12.1 Å². The summed E-state index contributed by atoms with van der Waals surface area (Å²) in [7, 11) is 0. The fraction of sp³-hybridized carbons (Fsp3) is 0.263. The minimum absolute atomic E-state index is 0.0461. The molecule has 0 spiro atoms. The lowest BCUT2D eigenvalue weighted by Gasteiger charge is -2.37. The molecule has 1 fully saturated rings. The fourth-order valence-electron chi connectivity index (χ4n) is 3.03. The average Bonchev–Trinajstić information content (AvgIpc) is 2.63. The number of rotatable bonds is 4. The molecule has 3 rings (SSSR count). The molecule has 1 aliphatic rings. The topological polar surface area (TPSA) is 56.9 Å². The summed E-state index contributed by atoms with van der Waals surface area (Å²) in [4.78, 5) is 4.56. The highest BCUT2D eigenvalue weighted by Gasteiger charge is 2.18. The molecule has 5 nitrogen and oxygen atoms in total. The van der Waals surface area contributed by atoms with Crippen LogP contribution in [0.4, 0.5) is 15.8 Å². The van der Waals surface area contributed by atoms with Crippen molar-refractivity contribution in [2.24, 2.45) is 10.8 Å². The van der Waals surface area contributed by atoms with Gasteiger partial charge in [-0.3, -0.25) is 5.43 Å². The van der Waals surface area contributed by atoms with Gasteiger partial charge in [-0.05, 0) is 55.0 Å². The van der Waals surface area contributed by atoms with Gasteiger partial charge in [0.2, 0.25) is 0 Å². The molecule has 0 saturated carbocycles. The summed E-state index contributed by atoms with van der Waals surface area (Å²) in [5, 5.41) is 3.84. The number of piperazine rings is 1. The molecule has 1 heterocycles. The zero-order valence-electron chi connectivity index (χ0n) is 14.7. The van der Waals surface area contributed by atoms with Gasteiger partial charge < -0.3 is 15.5 Å². The lowest BCUT2D eigenvalue weighted by Crippen LogP contribution is -2.46. The number of aryl methyl sites for hydroxylation is 1. The molecule has 0 aliphatic carbocycles. The first-order valence-electron chi connectivity index (χ1n) is 8.47. The van der Waals surface area contributed by atoms with Crippen molar-refractivity contribution < 1.29 is 4.39 Å². The maximum atomic E-state index is 14.3. The Labute approximate surface area is 158 Å². The number of benzene rings is 2. The van der Waals surface area contributed by atoms with E-state index in [9.17, 15) is 4.39 Å². The summed E-state index contributed by atoms with van der Waals surface area (Å²) in [6.07, 6.45) is 1.37. The van der Waals surface area contributed by atoms with Crippen molar-refractivity contribution in [3.05, 3.63) is 59.4 Å². The van der Waals surface area contributed by atoms with Crippen LogP contribution in [-0.4, -0.2) is 37.5 Å². The molecule has 0 atom stereocenters. The monoisotopic (exact) mass is 371 g/mol. The van der Waals surface area contributed by atoms with Crippen molar-refractivity contribution in [2.75, 3.05) is 36.0 Å². The molecule has 0 unspecified atom stereocenters. The van der Waals surface area contributed by atoms with Gasteiger partial charge in [0.25, 0.3) is 0 Å². The number of nitrogens with zero attached hydrogens (tertiary/aromatic N) is 3. The highest BCUT2D eigenvalue weighted by molar-refractivity contribution is 7.80. The maximum Gasteiger partial charge on any atom is 0.184 e. The molecule has 2 aromatic carbocycles. The van der Waals surface area contributed by atoms with Crippen molar-refractivity contribution in [3.8, 4) is 0 Å². The van der Waals surface area contributed by atoms with Crippen LogP contribution in [0, 0.1) is 12.7 Å². The van der Waals surface area contributed by atoms with Crippen LogP contribution in [0.5, 0.6) is 0 Å². The van der Waals surface area contributed by atoms with E-state index in [2.05, 4.69) is 63.7 Å².